The number of halogens is 1. The lowest BCUT2D eigenvalue weighted by atomic mass is 9.99. The van der Waals surface area contributed by atoms with Gasteiger partial charge in [-0.1, -0.05) is 0 Å². The van der Waals surface area contributed by atoms with Gasteiger partial charge in [-0.2, -0.15) is 0 Å². The quantitative estimate of drug-likeness (QED) is 0.713. The molecule has 0 bridgehead atoms. The van der Waals surface area contributed by atoms with Crippen LogP contribution in [0.3, 0.4) is 0 Å². The van der Waals surface area contributed by atoms with Crippen molar-refractivity contribution in [2.24, 2.45) is 0 Å². The number of rotatable bonds is 1. The summed E-state index contributed by atoms with van der Waals surface area (Å²) in [6.07, 6.45) is 2.99. The number of hydrogen-bond acceptors (Lipinski definition) is 1. The Bertz CT molecular complexity index is 542. The van der Waals surface area contributed by atoms with Crippen LogP contribution in [0.15, 0.2) is 24.4 Å². The fourth-order valence-corrected chi connectivity index (χ4v) is 2.60. The van der Waals surface area contributed by atoms with Crippen molar-refractivity contribution < 1.29 is 4.39 Å². The summed E-state index contributed by atoms with van der Waals surface area (Å²) >= 11 is 0. The van der Waals surface area contributed by atoms with Gasteiger partial charge in [0.25, 0.3) is 0 Å². The van der Waals surface area contributed by atoms with Crippen LogP contribution in [0, 0.1) is 5.82 Å². The summed E-state index contributed by atoms with van der Waals surface area (Å²) in [6.45, 7) is 0.995. The van der Waals surface area contributed by atoms with E-state index in [2.05, 4.69) is 29.8 Å². The van der Waals surface area contributed by atoms with E-state index >= 15 is 0 Å². The van der Waals surface area contributed by atoms with E-state index in [4.69, 9.17) is 0 Å². The Hall–Kier alpha value is -1.35. The summed E-state index contributed by atoms with van der Waals surface area (Å²) in [5.41, 5.74) is 2.34. The number of likely N-dealkylation sites (N-methyl/N-ethyl adjacent to an activating group) is 1. The van der Waals surface area contributed by atoms with Gasteiger partial charge in [-0.15, -0.1) is 0 Å². The molecule has 16 heavy (non-hydrogen) atoms. The van der Waals surface area contributed by atoms with Gasteiger partial charge in [0, 0.05) is 24.2 Å². The van der Waals surface area contributed by atoms with Gasteiger partial charge in [-0.25, -0.2) is 4.39 Å². The first-order valence-corrected chi connectivity index (χ1v) is 5.59. The predicted octanol–water partition coefficient (Wildman–Crippen LogP) is 2.27. The Morgan fingerprint density at radius 3 is 2.94 bits per heavy atom. The number of aromatic nitrogens is 1. The SMILES string of the molecule is CN(C)[C@H]1Cc2cc(F)cc3ccn(c23)C1. The van der Waals surface area contributed by atoms with E-state index in [1.165, 1.54) is 5.52 Å². The summed E-state index contributed by atoms with van der Waals surface area (Å²) in [5, 5.41) is 1.02. The summed E-state index contributed by atoms with van der Waals surface area (Å²) < 4.78 is 15.7. The molecule has 3 rings (SSSR count). The zero-order valence-corrected chi connectivity index (χ0v) is 9.57. The van der Waals surface area contributed by atoms with E-state index in [1.807, 2.05) is 6.07 Å². The van der Waals surface area contributed by atoms with Crippen molar-refractivity contribution in [1.29, 1.82) is 0 Å². The average molecular weight is 218 g/mol. The molecular formula is C13H15FN2. The molecule has 2 heterocycles. The minimum Gasteiger partial charge on any atom is -0.346 e. The van der Waals surface area contributed by atoms with Crippen molar-refractivity contribution in [3.63, 3.8) is 0 Å². The smallest absolute Gasteiger partial charge is 0.124 e. The van der Waals surface area contributed by atoms with Crippen molar-refractivity contribution in [2.45, 2.75) is 19.0 Å². The third kappa shape index (κ3) is 1.35. The molecule has 2 nitrogen and oxygen atoms in total. The molecule has 0 saturated carbocycles. The van der Waals surface area contributed by atoms with Crippen LogP contribution in [0.5, 0.6) is 0 Å². The average Bonchev–Trinajstić information content (AvgIpc) is 2.62. The summed E-state index contributed by atoms with van der Waals surface area (Å²) in [6, 6.07) is 5.75. The minimum absolute atomic E-state index is 0.125. The Labute approximate surface area is 94.3 Å². The lowest BCUT2D eigenvalue weighted by Gasteiger charge is -2.29. The molecule has 1 aliphatic heterocycles. The molecule has 0 fully saturated rings. The van der Waals surface area contributed by atoms with E-state index in [-0.39, 0.29) is 5.82 Å². The zero-order chi connectivity index (χ0) is 11.3. The lowest BCUT2D eigenvalue weighted by molar-refractivity contribution is 0.258. The standard InChI is InChI=1S/C13H15FN2/c1-15(2)12-7-10-6-11(14)5-9-3-4-16(8-12)13(9)10/h3-6,12H,7-8H2,1-2H3/t12-/m0/s1. The van der Waals surface area contributed by atoms with Crippen molar-refractivity contribution in [3.8, 4) is 0 Å². The summed E-state index contributed by atoms with van der Waals surface area (Å²) in [5.74, 6) is -0.125. The van der Waals surface area contributed by atoms with Crippen molar-refractivity contribution >= 4 is 10.9 Å². The molecule has 0 amide bonds. The molecule has 3 heteroatoms. The molecule has 84 valence electrons. The van der Waals surface area contributed by atoms with E-state index in [0.29, 0.717) is 6.04 Å². The largest absolute Gasteiger partial charge is 0.346 e. The van der Waals surface area contributed by atoms with Gasteiger partial charge in [-0.3, -0.25) is 0 Å². The lowest BCUT2D eigenvalue weighted by Crippen LogP contribution is -2.36. The predicted molar refractivity (Wildman–Crippen MR) is 63.1 cm³/mol. The number of benzene rings is 1. The first kappa shape index (κ1) is 9.85. The normalized spacial score (nSPS) is 19.6. The second-order valence-corrected chi connectivity index (χ2v) is 4.79. The summed E-state index contributed by atoms with van der Waals surface area (Å²) in [7, 11) is 4.16. The van der Waals surface area contributed by atoms with Crippen LogP contribution >= 0.6 is 0 Å². The van der Waals surface area contributed by atoms with Crippen molar-refractivity contribution in [3.05, 3.63) is 35.8 Å². The molecule has 1 aliphatic rings. The van der Waals surface area contributed by atoms with Crippen LogP contribution in [0.25, 0.3) is 10.9 Å². The minimum atomic E-state index is -0.125. The monoisotopic (exact) mass is 218 g/mol. The highest BCUT2D eigenvalue weighted by Gasteiger charge is 2.22. The highest BCUT2D eigenvalue weighted by molar-refractivity contribution is 5.84. The second-order valence-electron chi connectivity index (χ2n) is 4.79. The van der Waals surface area contributed by atoms with Crippen LogP contribution in [-0.2, 0) is 13.0 Å². The van der Waals surface area contributed by atoms with Gasteiger partial charge in [0.1, 0.15) is 5.82 Å². The molecule has 1 atom stereocenters. The van der Waals surface area contributed by atoms with Crippen molar-refractivity contribution in [1.82, 2.24) is 9.47 Å². The Kier molecular flexibility index (Phi) is 2.04. The highest BCUT2D eigenvalue weighted by atomic mass is 19.1. The number of hydrogen-bond donors (Lipinski definition) is 0. The molecule has 2 aromatic rings. The zero-order valence-electron chi connectivity index (χ0n) is 9.57. The van der Waals surface area contributed by atoms with Gasteiger partial charge in [0.15, 0.2) is 0 Å². The van der Waals surface area contributed by atoms with E-state index < -0.39 is 0 Å². The number of nitrogens with zero attached hydrogens (tertiary/aromatic N) is 2. The highest BCUT2D eigenvalue weighted by Crippen LogP contribution is 2.28. The molecule has 0 spiro atoms. The third-order valence-corrected chi connectivity index (χ3v) is 3.50. The molecule has 0 radical (unpaired) electrons. The first-order chi connectivity index (χ1) is 7.65. The van der Waals surface area contributed by atoms with Crippen LogP contribution < -0.4 is 0 Å². The van der Waals surface area contributed by atoms with Gasteiger partial charge in [0.05, 0.1) is 5.52 Å². The van der Waals surface area contributed by atoms with Gasteiger partial charge >= 0.3 is 0 Å². The van der Waals surface area contributed by atoms with Gasteiger partial charge < -0.3 is 9.47 Å². The maximum absolute atomic E-state index is 13.4. The molecule has 1 aromatic heterocycles. The van der Waals surface area contributed by atoms with Crippen molar-refractivity contribution in [2.75, 3.05) is 14.1 Å². The third-order valence-electron chi connectivity index (χ3n) is 3.50. The maximum atomic E-state index is 13.4. The molecule has 0 saturated heterocycles. The van der Waals surface area contributed by atoms with Crippen LogP contribution in [-0.4, -0.2) is 29.6 Å². The van der Waals surface area contributed by atoms with Crippen LogP contribution in [0.2, 0.25) is 0 Å². The maximum Gasteiger partial charge on any atom is 0.124 e. The molecule has 1 aromatic carbocycles. The molecule has 0 N–H and O–H groups in total. The Morgan fingerprint density at radius 1 is 1.38 bits per heavy atom. The summed E-state index contributed by atoms with van der Waals surface area (Å²) in [4.78, 5) is 2.21. The first-order valence-electron chi connectivity index (χ1n) is 5.59. The molecule has 0 unspecified atom stereocenters. The van der Waals surface area contributed by atoms with Crippen LogP contribution in [0.4, 0.5) is 4.39 Å². The molecule has 0 aliphatic carbocycles. The van der Waals surface area contributed by atoms with Crippen LogP contribution in [0.1, 0.15) is 5.56 Å². The fraction of sp³-hybridized carbons (Fsp3) is 0.385. The fourth-order valence-electron chi connectivity index (χ4n) is 2.60. The van der Waals surface area contributed by atoms with E-state index in [1.54, 1.807) is 12.1 Å². The van der Waals surface area contributed by atoms with E-state index in [0.717, 1.165) is 23.9 Å². The topological polar surface area (TPSA) is 8.17 Å². The second kappa shape index (κ2) is 3.32. The Balaban J connectivity index is 2.18. The van der Waals surface area contributed by atoms with Gasteiger partial charge in [-0.05, 0) is 44.3 Å². The van der Waals surface area contributed by atoms with Gasteiger partial charge in [0.2, 0.25) is 0 Å². The Morgan fingerprint density at radius 2 is 2.19 bits per heavy atom. The van der Waals surface area contributed by atoms with E-state index in [9.17, 15) is 4.39 Å². The molecular weight excluding hydrogens is 203 g/mol.